The summed E-state index contributed by atoms with van der Waals surface area (Å²) in [7, 11) is 1.55. The highest BCUT2D eigenvalue weighted by Crippen LogP contribution is 2.26. The van der Waals surface area contributed by atoms with Gasteiger partial charge in [-0.25, -0.2) is 10.8 Å². The standard InChI is InChI=1S/C10H16N6O3/c1-3-12-9(17)6-15(2)10-7(16(18)19)4-5-8(13-10)14-11/h4-5H,3,6,11H2,1-2H3,(H,12,17)(H,13,14). The quantitative estimate of drug-likeness (QED) is 0.372. The molecule has 0 unspecified atom stereocenters. The average molecular weight is 268 g/mol. The van der Waals surface area contributed by atoms with Crippen LogP contribution in [0.5, 0.6) is 0 Å². The maximum atomic E-state index is 11.5. The third-order valence-corrected chi connectivity index (χ3v) is 2.32. The van der Waals surface area contributed by atoms with E-state index in [2.05, 4.69) is 15.7 Å². The van der Waals surface area contributed by atoms with Crippen molar-refractivity contribution in [3.63, 3.8) is 0 Å². The lowest BCUT2D eigenvalue weighted by atomic mass is 10.3. The van der Waals surface area contributed by atoms with E-state index in [1.165, 1.54) is 17.0 Å². The average Bonchev–Trinajstić information content (AvgIpc) is 2.37. The smallest absolute Gasteiger partial charge is 0.311 e. The summed E-state index contributed by atoms with van der Waals surface area (Å²) in [6.07, 6.45) is 0. The Kier molecular flexibility index (Phi) is 5.01. The Morgan fingerprint density at radius 1 is 1.58 bits per heavy atom. The number of hydrogen-bond donors (Lipinski definition) is 3. The van der Waals surface area contributed by atoms with Gasteiger partial charge in [-0.1, -0.05) is 0 Å². The van der Waals surface area contributed by atoms with Gasteiger partial charge in [-0.3, -0.25) is 14.9 Å². The van der Waals surface area contributed by atoms with Crippen LogP contribution in [0.4, 0.5) is 17.3 Å². The minimum Gasteiger partial charge on any atom is -0.355 e. The first-order valence-corrected chi connectivity index (χ1v) is 5.59. The first-order valence-electron chi connectivity index (χ1n) is 5.59. The Bertz CT molecular complexity index is 478. The number of nitrogens with one attached hydrogen (secondary N) is 2. The monoisotopic (exact) mass is 268 g/mol. The van der Waals surface area contributed by atoms with E-state index in [0.717, 1.165) is 0 Å². The highest BCUT2D eigenvalue weighted by atomic mass is 16.6. The highest BCUT2D eigenvalue weighted by Gasteiger charge is 2.20. The third-order valence-electron chi connectivity index (χ3n) is 2.32. The van der Waals surface area contributed by atoms with Gasteiger partial charge in [0.05, 0.1) is 11.5 Å². The molecule has 19 heavy (non-hydrogen) atoms. The van der Waals surface area contributed by atoms with Gasteiger partial charge >= 0.3 is 5.69 Å². The molecule has 0 radical (unpaired) electrons. The molecule has 1 aromatic heterocycles. The molecule has 1 aromatic rings. The lowest BCUT2D eigenvalue weighted by molar-refractivity contribution is -0.384. The minimum absolute atomic E-state index is 0.0320. The molecule has 104 valence electrons. The van der Waals surface area contributed by atoms with Gasteiger partial charge in [-0.2, -0.15) is 0 Å². The fourth-order valence-corrected chi connectivity index (χ4v) is 1.49. The van der Waals surface area contributed by atoms with E-state index in [1.807, 2.05) is 0 Å². The number of hydrogen-bond acceptors (Lipinski definition) is 7. The van der Waals surface area contributed by atoms with Gasteiger partial charge in [0.15, 0.2) is 0 Å². The predicted molar refractivity (Wildman–Crippen MR) is 70.7 cm³/mol. The van der Waals surface area contributed by atoms with Crippen LogP contribution in [0.2, 0.25) is 0 Å². The molecule has 4 N–H and O–H groups in total. The van der Waals surface area contributed by atoms with Gasteiger partial charge in [-0.05, 0) is 13.0 Å². The molecule has 0 aliphatic rings. The van der Waals surface area contributed by atoms with Crippen molar-refractivity contribution >= 4 is 23.2 Å². The van der Waals surface area contributed by atoms with Crippen molar-refractivity contribution in [2.75, 3.05) is 30.5 Å². The maximum Gasteiger partial charge on any atom is 0.311 e. The molecule has 1 rings (SSSR count). The van der Waals surface area contributed by atoms with Crippen LogP contribution < -0.4 is 21.5 Å². The lowest BCUT2D eigenvalue weighted by Crippen LogP contribution is -2.35. The van der Waals surface area contributed by atoms with Crippen LogP contribution in [0, 0.1) is 10.1 Å². The molecule has 0 aliphatic carbocycles. The van der Waals surface area contributed by atoms with Crippen molar-refractivity contribution < 1.29 is 9.72 Å². The second-order valence-corrected chi connectivity index (χ2v) is 3.75. The molecule has 1 heterocycles. The summed E-state index contributed by atoms with van der Waals surface area (Å²) in [4.78, 5) is 27.2. The molecular weight excluding hydrogens is 252 g/mol. The summed E-state index contributed by atoms with van der Waals surface area (Å²) >= 11 is 0. The number of pyridine rings is 1. The number of aromatic nitrogens is 1. The van der Waals surface area contributed by atoms with Crippen LogP contribution in [0.15, 0.2) is 12.1 Å². The number of nitro groups is 1. The lowest BCUT2D eigenvalue weighted by Gasteiger charge is -2.17. The van der Waals surface area contributed by atoms with Crippen LogP contribution in [0.25, 0.3) is 0 Å². The fraction of sp³-hybridized carbons (Fsp3) is 0.400. The first kappa shape index (κ1) is 14.6. The normalized spacial score (nSPS) is 9.84. The zero-order valence-electron chi connectivity index (χ0n) is 10.7. The number of nitrogens with zero attached hydrogens (tertiary/aromatic N) is 3. The van der Waals surface area contributed by atoms with E-state index in [0.29, 0.717) is 6.54 Å². The summed E-state index contributed by atoms with van der Waals surface area (Å²) in [5.74, 6) is 5.33. The van der Waals surface area contributed by atoms with E-state index >= 15 is 0 Å². The van der Waals surface area contributed by atoms with Gasteiger partial charge in [-0.15, -0.1) is 0 Å². The van der Waals surface area contributed by atoms with Crippen molar-refractivity contribution in [3.8, 4) is 0 Å². The molecule has 0 saturated heterocycles. The summed E-state index contributed by atoms with van der Waals surface area (Å²) in [6.45, 7) is 2.25. The van der Waals surface area contributed by atoms with Gasteiger partial charge in [0.1, 0.15) is 5.82 Å². The number of nitrogens with two attached hydrogens (primary N) is 1. The molecule has 0 bridgehead atoms. The molecule has 1 amide bonds. The van der Waals surface area contributed by atoms with Crippen LogP contribution in [0.1, 0.15) is 6.92 Å². The number of rotatable bonds is 6. The third kappa shape index (κ3) is 3.78. The van der Waals surface area contributed by atoms with Crippen molar-refractivity contribution in [1.29, 1.82) is 0 Å². The first-order chi connectivity index (χ1) is 8.99. The predicted octanol–water partition coefficient (Wildman–Crippen LogP) is -0.152. The Balaban J connectivity index is 3.01. The fourth-order valence-electron chi connectivity index (χ4n) is 1.49. The summed E-state index contributed by atoms with van der Waals surface area (Å²) in [6, 6.07) is 2.67. The van der Waals surface area contributed by atoms with Crippen molar-refractivity contribution in [3.05, 3.63) is 22.2 Å². The molecule has 0 saturated carbocycles. The second-order valence-electron chi connectivity index (χ2n) is 3.75. The summed E-state index contributed by atoms with van der Waals surface area (Å²) < 4.78 is 0. The van der Waals surface area contributed by atoms with Crippen LogP contribution >= 0.6 is 0 Å². The number of carbonyl (C=O) groups is 1. The summed E-state index contributed by atoms with van der Waals surface area (Å²) in [5.41, 5.74) is 2.12. The van der Waals surface area contributed by atoms with Gasteiger partial charge in [0.2, 0.25) is 11.7 Å². The summed E-state index contributed by atoms with van der Waals surface area (Å²) in [5, 5.41) is 13.5. The van der Waals surface area contributed by atoms with E-state index in [4.69, 9.17) is 5.84 Å². The largest absolute Gasteiger partial charge is 0.355 e. The zero-order chi connectivity index (χ0) is 14.4. The Morgan fingerprint density at radius 2 is 2.26 bits per heavy atom. The van der Waals surface area contributed by atoms with Crippen LogP contribution in [-0.2, 0) is 4.79 Å². The Labute approximate surface area is 109 Å². The molecule has 9 heteroatoms. The SMILES string of the molecule is CCNC(=O)CN(C)c1nc(NN)ccc1[N+](=O)[O-]. The second kappa shape index (κ2) is 6.50. The van der Waals surface area contributed by atoms with Crippen molar-refractivity contribution in [1.82, 2.24) is 10.3 Å². The molecule has 0 aromatic carbocycles. The van der Waals surface area contributed by atoms with Crippen molar-refractivity contribution in [2.45, 2.75) is 6.92 Å². The number of nitrogen functional groups attached to an aromatic ring is 1. The van der Waals surface area contributed by atoms with E-state index < -0.39 is 4.92 Å². The molecule has 0 spiro atoms. The number of anilines is 2. The Morgan fingerprint density at radius 3 is 2.79 bits per heavy atom. The molecule has 0 atom stereocenters. The molecule has 0 fully saturated rings. The van der Waals surface area contributed by atoms with Gasteiger partial charge in [0.25, 0.3) is 0 Å². The minimum atomic E-state index is -0.559. The van der Waals surface area contributed by atoms with E-state index in [1.54, 1.807) is 14.0 Å². The van der Waals surface area contributed by atoms with Crippen molar-refractivity contribution in [2.24, 2.45) is 5.84 Å². The molecule has 9 nitrogen and oxygen atoms in total. The Hall–Kier alpha value is -2.42. The topological polar surface area (TPSA) is 126 Å². The van der Waals surface area contributed by atoms with Crippen LogP contribution in [-0.4, -0.2) is 36.0 Å². The van der Waals surface area contributed by atoms with Gasteiger partial charge in [0, 0.05) is 19.7 Å². The molecular formula is C10H16N6O3. The van der Waals surface area contributed by atoms with Gasteiger partial charge < -0.3 is 15.6 Å². The van der Waals surface area contributed by atoms with Crippen LogP contribution in [0.3, 0.4) is 0 Å². The zero-order valence-corrected chi connectivity index (χ0v) is 10.7. The number of likely N-dealkylation sites (N-methyl/N-ethyl adjacent to an activating group) is 2. The number of hydrazine groups is 1. The highest BCUT2D eigenvalue weighted by molar-refractivity contribution is 5.81. The molecule has 0 aliphatic heterocycles. The maximum absolute atomic E-state index is 11.5. The van der Waals surface area contributed by atoms with E-state index in [9.17, 15) is 14.9 Å². The number of amides is 1. The number of carbonyl (C=O) groups excluding carboxylic acids is 1. The van der Waals surface area contributed by atoms with E-state index in [-0.39, 0.29) is 29.8 Å².